The lowest BCUT2D eigenvalue weighted by Crippen LogP contribution is -2.51. The first-order valence-corrected chi connectivity index (χ1v) is 8.52. The highest BCUT2D eigenvalue weighted by Gasteiger charge is 2.32. The second kappa shape index (κ2) is 8.49. The molecule has 0 aromatic heterocycles. The molecule has 1 saturated heterocycles. The van der Waals surface area contributed by atoms with E-state index in [4.69, 9.17) is 5.73 Å². The quantitative estimate of drug-likeness (QED) is 0.844. The molecular weight excluding hydrogens is 326 g/mol. The molecule has 3 N–H and O–H groups in total. The molecule has 3 rings (SSSR count). The zero-order chi connectivity index (χ0) is 16.2. The molecule has 24 heavy (non-hydrogen) atoms. The first-order valence-electron chi connectivity index (χ1n) is 8.52. The van der Waals surface area contributed by atoms with Crippen LogP contribution in [0.1, 0.15) is 31.2 Å². The van der Waals surface area contributed by atoms with Gasteiger partial charge in [0.25, 0.3) is 0 Å². The van der Waals surface area contributed by atoms with Gasteiger partial charge in [-0.2, -0.15) is 0 Å². The lowest BCUT2D eigenvalue weighted by atomic mass is 10.0. The van der Waals surface area contributed by atoms with Crippen LogP contribution in [0.2, 0.25) is 0 Å². The molecule has 2 fully saturated rings. The average molecular weight is 352 g/mol. The van der Waals surface area contributed by atoms with Gasteiger partial charge in [-0.05, 0) is 37.7 Å². The number of amides is 2. The number of nitrogens with one attached hydrogen (secondary N) is 1. The fraction of sp³-hybridized carbons (Fsp3) is 0.556. The molecule has 1 aliphatic heterocycles. The number of benzene rings is 1. The number of nitrogens with two attached hydrogens (primary N) is 1. The van der Waals surface area contributed by atoms with Crippen LogP contribution in [-0.4, -0.2) is 41.9 Å². The second-order valence-electron chi connectivity index (χ2n) is 6.68. The molecule has 0 radical (unpaired) electrons. The Kier molecular flexibility index (Phi) is 6.63. The Hall–Kier alpha value is -1.59. The number of hydrogen-bond acceptors (Lipinski definition) is 3. The van der Waals surface area contributed by atoms with Crippen molar-refractivity contribution in [2.75, 3.05) is 13.1 Å². The predicted octanol–water partition coefficient (Wildman–Crippen LogP) is 1.50. The summed E-state index contributed by atoms with van der Waals surface area (Å²) in [6.07, 6.45) is 4.26. The van der Waals surface area contributed by atoms with Gasteiger partial charge in [0.15, 0.2) is 0 Å². The van der Waals surface area contributed by atoms with E-state index in [1.54, 1.807) is 0 Å². The van der Waals surface area contributed by atoms with Crippen molar-refractivity contribution in [3.63, 3.8) is 0 Å². The van der Waals surface area contributed by atoms with E-state index in [9.17, 15) is 9.59 Å². The summed E-state index contributed by atoms with van der Waals surface area (Å²) in [5.74, 6) is 0.449. The molecule has 1 aliphatic carbocycles. The fourth-order valence-corrected chi connectivity index (χ4v) is 3.10. The second-order valence-corrected chi connectivity index (χ2v) is 6.68. The summed E-state index contributed by atoms with van der Waals surface area (Å²) in [5, 5.41) is 3.10. The minimum absolute atomic E-state index is 0. The Morgan fingerprint density at radius 2 is 1.75 bits per heavy atom. The van der Waals surface area contributed by atoms with Crippen molar-refractivity contribution in [1.29, 1.82) is 0 Å². The molecule has 1 saturated carbocycles. The zero-order valence-corrected chi connectivity index (χ0v) is 14.6. The number of carbonyl (C=O) groups excluding carboxylic acids is 2. The van der Waals surface area contributed by atoms with Crippen LogP contribution in [0.3, 0.4) is 0 Å². The van der Waals surface area contributed by atoms with Crippen LogP contribution in [0.5, 0.6) is 0 Å². The van der Waals surface area contributed by atoms with E-state index < -0.39 is 6.04 Å². The number of rotatable bonds is 5. The third-order valence-corrected chi connectivity index (χ3v) is 4.72. The van der Waals surface area contributed by atoms with Crippen LogP contribution >= 0.6 is 12.4 Å². The summed E-state index contributed by atoms with van der Waals surface area (Å²) in [6.45, 7) is 1.36. The Morgan fingerprint density at radius 1 is 1.12 bits per heavy atom. The van der Waals surface area contributed by atoms with E-state index in [1.807, 2.05) is 35.2 Å². The summed E-state index contributed by atoms with van der Waals surface area (Å²) in [6, 6.07) is 9.57. The smallest absolute Gasteiger partial charge is 0.239 e. The number of halogens is 1. The molecule has 0 unspecified atom stereocenters. The van der Waals surface area contributed by atoms with Gasteiger partial charge in [-0.3, -0.25) is 9.59 Å². The average Bonchev–Trinajstić information content (AvgIpc) is 3.41. The maximum atomic E-state index is 12.5. The summed E-state index contributed by atoms with van der Waals surface area (Å²) >= 11 is 0. The topological polar surface area (TPSA) is 75.4 Å². The minimum atomic E-state index is -0.491. The number of hydrogen-bond donors (Lipinski definition) is 2. The van der Waals surface area contributed by atoms with E-state index in [-0.39, 0.29) is 36.2 Å². The van der Waals surface area contributed by atoms with Crippen molar-refractivity contribution in [2.24, 2.45) is 11.7 Å². The normalized spacial score (nSPS) is 19.3. The van der Waals surface area contributed by atoms with E-state index >= 15 is 0 Å². The first kappa shape index (κ1) is 18.7. The van der Waals surface area contributed by atoms with E-state index in [2.05, 4.69) is 5.32 Å². The first-order chi connectivity index (χ1) is 11.1. The van der Waals surface area contributed by atoms with Crippen LogP contribution in [0.25, 0.3) is 0 Å². The molecule has 6 heteroatoms. The third kappa shape index (κ3) is 4.95. The Morgan fingerprint density at radius 3 is 2.33 bits per heavy atom. The van der Waals surface area contributed by atoms with Crippen molar-refractivity contribution in [1.82, 2.24) is 10.2 Å². The molecule has 1 heterocycles. The molecule has 2 amide bonds. The van der Waals surface area contributed by atoms with Crippen LogP contribution < -0.4 is 11.1 Å². The van der Waals surface area contributed by atoms with Gasteiger partial charge in [-0.1, -0.05) is 30.3 Å². The van der Waals surface area contributed by atoms with Crippen molar-refractivity contribution < 1.29 is 9.59 Å². The molecule has 0 spiro atoms. The van der Waals surface area contributed by atoms with Crippen molar-refractivity contribution in [3.05, 3.63) is 35.9 Å². The van der Waals surface area contributed by atoms with Gasteiger partial charge in [0.05, 0.1) is 6.04 Å². The fourth-order valence-electron chi connectivity index (χ4n) is 3.10. The Balaban J connectivity index is 0.00000208. The number of piperidine rings is 1. The molecule has 1 aromatic carbocycles. The van der Waals surface area contributed by atoms with Gasteiger partial charge >= 0.3 is 0 Å². The highest BCUT2D eigenvalue weighted by Crippen LogP contribution is 2.29. The summed E-state index contributed by atoms with van der Waals surface area (Å²) in [7, 11) is 0. The van der Waals surface area contributed by atoms with Crippen molar-refractivity contribution in [3.8, 4) is 0 Å². The van der Waals surface area contributed by atoms with Gasteiger partial charge < -0.3 is 16.0 Å². The molecule has 132 valence electrons. The van der Waals surface area contributed by atoms with Gasteiger partial charge in [-0.15, -0.1) is 12.4 Å². The Labute approximate surface area is 149 Å². The monoisotopic (exact) mass is 351 g/mol. The highest BCUT2D eigenvalue weighted by molar-refractivity contribution is 5.85. The molecule has 1 aromatic rings. The largest absolute Gasteiger partial charge is 0.353 e. The zero-order valence-electron chi connectivity index (χ0n) is 13.8. The van der Waals surface area contributed by atoms with E-state index in [1.165, 1.54) is 0 Å². The standard InChI is InChI=1S/C18H25N3O2.ClH/c19-16(12-13-4-2-1-3-5-13)18(23)21-10-8-15(9-11-21)20-17(22)14-6-7-14;/h1-5,14-16H,6-12,19H2,(H,20,22);1H/t16-;/m0./s1. The van der Waals surface area contributed by atoms with Crippen molar-refractivity contribution >= 4 is 24.2 Å². The maximum absolute atomic E-state index is 12.5. The number of nitrogens with zero attached hydrogens (tertiary/aromatic N) is 1. The predicted molar refractivity (Wildman–Crippen MR) is 95.8 cm³/mol. The third-order valence-electron chi connectivity index (χ3n) is 4.72. The summed E-state index contributed by atoms with van der Waals surface area (Å²) in [5.41, 5.74) is 7.17. The van der Waals surface area contributed by atoms with Crippen LogP contribution in [0, 0.1) is 5.92 Å². The lowest BCUT2D eigenvalue weighted by Gasteiger charge is -2.34. The maximum Gasteiger partial charge on any atom is 0.239 e. The van der Waals surface area contributed by atoms with E-state index in [0.29, 0.717) is 19.5 Å². The molecular formula is C18H26ClN3O2. The Bertz CT molecular complexity index is 555. The van der Waals surface area contributed by atoms with Crippen LogP contribution in [0.4, 0.5) is 0 Å². The molecule has 2 aliphatic rings. The number of carbonyl (C=O) groups is 2. The van der Waals surface area contributed by atoms with Crippen molar-refractivity contribution in [2.45, 2.75) is 44.2 Å². The van der Waals surface area contributed by atoms with Gasteiger partial charge in [-0.25, -0.2) is 0 Å². The van der Waals surface area contributed by atoms with Crippen LogP contribution in [0.15, 0.2) is 30.3 Å². The van der Waals surface area contributed by atoms with Crippen LogP contribution in [-0.2, 0) is 16.0 Å². The summed E-state index contributed by atoms with van der Waals surface area (Å²) in [4.78, 5) is 26.1. The lowest BCUT2D eigenvalue weighted by molar-refractivity contribution is -0.133. The minimum Gasteiger partial charge on any atom is -0.353 e. The highest BCUT2D eigenvalue weighted by atomic mass is 35.5. The molecule has 1 atom stereocenters. The number of likely N-dealkylation sites (tertiary alicyclic amines) is 1. The van der Waals surface area contributed by atoms with Gasteiger partial charge in [0, 0.05) is 25.0 Å². The SMILES string of the molecule is Cl.N[C@@H](Cc1ccccc1)C(=O)N1CCC(NC(=O)C2CC2)CC1. The molecule has 5 nitrogen and oxygen atoms in total. The van der Waals surface area contributed by atoms with E-state index in [0.717, 1.165) is 31.2 Å². The summed E-state index contributed by atoms with van der Waals surface area (Å²) < 4.78 is 0. The van der Waals surface area contributed by atoms with Gasteiger partial charge in [0.2, 0.25) is 11.8 Å². The van der Waals surface area contributed by atoms with Gasteiger partial charge in [0.1, 0.15) is 0 Å². The molecule has 0 bridgehead atoms.